The largest absolute Gasteiger partial charge is 0.217 e. The highest BCUT2D eigenvalue weighted by molar-refractivity contribution is 7.91. The maximum atomic E-state index is 11.8. The van der Waals surface area contributed by atoms with Crippen LogP contribution in [-0.2, 0) is 10.0 Å². The molecule has 74 valence electrons. The molecule has 0 aromatic rings. The lowest BCUT2D eigenvalue weighted by Gasteiger charge is -2.28. The van der Waals surface area contributed by atoms with Crippen LogP contribution in [0.1, 0.15) is 26.7 Å². The lowest BCUT2D eigenvalue weighted by atomic mass is 9.80. The highest BCUT2D eigenvalue weighted by atomic mass is 32.2. The Kier molecular flexibility index (Phi) is 1.24. The number of sulfonamides is 1. The molecule has 3 aliphatic rings. The summed E-state index contributed by atoms with van der Waals surface area (Å²) in [6.07, 6.45) is 2.00. The van der Waals surface area contributed by atoms with Crippen molar-refractivity contribution in [3.63, 3.8) is 0 Å². The zero-order chi connectivity index (χ0) is 9.43. The van der Waals surface area contributed by atoms with E-state index in [1.54, 1.807) is 0 Å². The molecule has 2 bridgehead atoms. The summed E-state index contributed by atoms with van der Waals surface area (Å²) in [7, 11) is -3.01. The average Bonchev–Trinajstić information content (AvgIpc) is 2.53. The third-order valence-corrected chi connectivity index (χ3v) is 6.94. The number of hydrogen-bond acceptors (Lipinski definition) is 2. The van der Waals surface area contributed by atoms with Crippen LogP contribution in [0, 0.1) is 17.8 Å². The van der Waals surface area contributed by atoms with Crippen LogP contribution in [0.4, 0.5) is 0 Å². The monoisotopic (exact) mass is 201 g/mol. The van der Waals surface area contributed by atoms with Gasteiger partial charge >= 0.3 is 0 Å². The predicted octanol–water partition coefficient (Wildman–Crippen LogP) is 0.723. The number of fused-ring (bicyclic) bond motifs is 1. The molecular weight excluding hydrogens is 186 g/mol. The minimum absolute atomic E-state index is 0.244. The van der Waals surface area contributed by atoms with E-state index in [0.717, 1.165) is 12.8 Å². The van der Waals surface area contributed by atoms with Gasteiger partial charge in [-0.05, 0) is 37.5 Å². The standard InChI is InChI=1S/C9H15NO2S/c1-5-6-3-7-8(5)10-13(11,12)9(7,2)4-6/h5-8,10H,3-4H2,1-2H3. The van der Waals surface area contributed by atoms with Crippen LogP contribution >= 0.6 is 0 Å². The van der Waals surface area contributed by atoms with Crippen LogP contribution in [0.25, 0.3) is 0 Å². The quantitative estimate of drug-likeness (QED) is 0.628. The van der Waals surface area contributed by atoms with Crippen LogP contribution < -0.4 is 4.72 Å². The van der Waals surface area contributed by atoms with E-state index in [9.17, 15) is 8.42 Å². The predicted molar refractivity (Wildman–Crippen MR) is 49.6 cm³/mol. The van der Waals surface area contributed by atoms with Crippen molar-refractivity contribution in [2.75, 3.05) is 0 Å². The SMILES string of the molecule is CC1C2CC3C1NS(=O)(=O)C3(C)C2. The third kappa shape index (κ3) is 0.699. The van der Waals surface area contributed by atoms with E-state index in [1.807, 2.05) is 6.92 Å². The van der Waals surface area contributed by atoms with Crippen LogP contribution in [0.15, 0.2) is 0 Å². The van der Waals surface area contributed by atoms with Gasteiger partial charge in [-0.3, -0.25) is 0 Å². The Morgan fingerprint density at radius 3 is 2.69 bits per heavy atom. The first-order chi connectivity index (χ1) is 5.96. The van der Waals surface area contributed by atoms with Crippen LogP contribution in [-0.4, -0.2) is 19.2 Å². The fraction of sp³-hybridized carbons (Fsp3) is 1.00. The molecule has 0 aromatic carbocycles. The summed E-state index contributed by atoms with van der Waals surface area (Å²) < 4.78 is 26.1. The summed E-state index contributed by atoms with van der Waals surface area (Å²) in [4.78, 5) is 0. The highest BCUT2D eigenvalue weighted by Gasteiger charge is 2.67. The molecule has 0 radical (unpaired) electrons. The molecule has 1 heterocycles. The van der Waals surface area contributed by atoms with E-state index >= 15 is 0 Å². The Hall–Kier alpha value is -0.0900. The summed E-state index contributed by atoms with van der Waals surface area (Å²) in [5, 5.41) is 0. The number of rotatable bonds is 0. The van der Waals surface area contributed by atoms with E-state index in [-0.39, 0.29) is 6.04 Å². The molecule has 1 N–H and O–H groups in total. The molecule has 0 amide bonds. The molecule has 5 unspecified atom stereocenters. The zero-order valence-corrected chi connectivity index (χ0v) is 8.76. The first kappa shape index (κ1) is 8.24. The molecule has 3 fully saturated rings. The molecule has 1 aliphatic heterocycles. The minimum atomic E-state index is -3.01. The molecule has 0 spiro atoms. The fourth-order valence-electron chi connectivity index (χ4n) is 3.73. The van der Waals surface area contributed by atoms with Gasteiger partial charge in [-0.25, -0.2) is 13.1 Å². The molecule has 2 saturated carbocycles. The van der Waals surface area contributed by atoms with Gasteiger partial charge in [0.2, 0.25) is 10.0 Å². The second-order valence-electron chi connectivity index (χ2n) is 5.13. The van der Waals surface area contributed by atoms with Crippen molar-refractivity contribution >= 4 is 10.0 Å². The Bertz CT molecular complexity index is 364. The molecule has 2 aliphatic carbocycles. The zero-order valence-electron chi connectivity index (χ0n) is 7.95. The van der Waals surface area contributed by atoms with Crippen molar-refractivity contribution in [3.8, 4) is 0 Å². The number of hydrogen-bond donors (Lipinski definition) is 1. The summed E-state index contributed by atoms with van der Waals surface area (Å²) in [5.74, 6) is 1.58. The Labute approximate surface area is 79.0 Å². The summed E-state index contributed by atoms with van der Waals surface area (Å²) >= 11 is 0. The lowest BCUT2D eigenvalue weighted by molar-refractivity contribution is 0.282. The van der Waals surface area contributed by atoms with Crippen molar-refractivity contribution in [1.82, 2.24) is 4.72 Å². The smallest absolute Gasteiger partial charge is 0.212 e. The van der Waals surface area contributed by atoms with Gasteiger partial charge in [0.05, 0.1) is 4.75 Å². The Balaban J connectivity index is 2.18. The van der Waals surface area contributed by atoms with E-state index in [2.05, 4.69) is 11.6 Å². The molecule has 13 heavy (non-hydrogen) atoms. The Morgan fingerprint density at radius 1 is 1.46 bits per heavy atom. The summed E-state index contributed by atoms with van der Waals surface area (Å²) in [5.41, 5.74) is 0. The second-order valence-corrected chi connectivity index (χ2v) is 7.30. The van der Waals surface area contributed by atoms with E-state index in [0.29, 0.717) is 17.8 Å². The molecule has 4 heteroatoms. The lowest BCUT2D eigenvalue weighted by Crippen LogP contribution is -2.37. The van der Waals surface area contributed by atoms with Crippen molar-refractivity contribution in [1.29, 1.82) is 0 Å². The molecule has 1 saturated heterocycles. The van der Waals surface area contributed by atoms with Gasteiger partial charge in [0.25, 0.3) is 0 Å². The van der Waals surface area contributed by atoms with Gasteiger partial charge in [-0.2, -0.15) is 0 Å². The minimum Gasteiger partial charge on any atom is -0.212 e. The van der Waals surface area contributed by atoms with E-state index in [4.69, 9.17) is 0 Å². The van der Waals surface area contributed by atoms with E-state index in [1.165, 1.54) is 0 Å². The van der Waals surface area contributed by atoms with Crippen molar-refractivity contribution in [3.05, 3.63) is 0 Å². The summed E-state index contributed by atoms with van der Waals surface area (Å²) in [6.45, 7) is 4.11. The fourth-order valence-corrected chi connectivity index (χ4v) is 5.81. The molecule has 3 nitrogen and oxygen atoms in total. The van der Waals surface area contributed by atoms with Gasteiger partial charge in [0.1, 0.15) is 0 Å². The van der Waals surface area contributed by atoms with E-state index < -0.39 is 14.8 Å². The molecule has 3 rings (SSSR count). The van der Waals surface area contributed by atoms with Gasteiger partial charge in [-0.15, -0.1) is 0 Å². The van der Waals surface area contributed by atoms with Gasteiger partial charge in [0, 0.05) is 6.04 Å². The van der Waals surface area contributed by atoms with Crippen molar-refractivity contribution in [2.24, 2.45) is 17.8 Å². The highest BCUT2D eigenvalue weighted by Crippen LogP contribution is 2.60. The maximum absolute atomic E-state index is 11.8. The molecule has 5 atom stereocenters. The molecular formula is C9H15NO2S. The molecule has 0 aromatic heterocycles. The van der Waals surface area contributed by atoms with Gasteiger partial charge < -0.3 is 0 Å². The van der Waals surface area contributed by atoms with Gasteiger partial charge in [-0.1, -0.05) is 6.92 Å². The Morgan fingerprint density at radius 2 is 2.15 bits per heavy atom. The maximum Gasteiger partial charge on any atom is 0.217 e. The second kappa shape index (κ2) is 1.96. The third-order valence-electron chi connectivity index (χ3n) is 4.66. The van der Waals surface area contributed by atoms with Gasteiger partial charge in [0.15, 0.2) is 0 Å². The first-order valence-electron chi connectivity index (χ1n) is 4.97. The normalized spacial score (nSPS) is 61.7. The topological polar surface area (TPSA) is 46.2 Å². The van der Waals surface area contributed by atoms with Crippen molar-refractivity contribution < 1.29 is 8.42 Å². The first-order valence-corrected chi connectivity index (χ1v) is 6.46. The van der Waals surface area contributed by atoms with Crippen LogP contribution in [0.2, 0.25) is 0 Å². The van der Waals surface area contributed by atoms with Crippen molar-refractivity contribution in [2.45, 2.75) is 37.5 Å². The number of nitrogens with one attached hydrogen (secondary N) is 1. The van der Waals surface area contributed by atoms with Crippen LogP contribution in [0.3, 0.4) is 0 Å². The van der Waals surface area contributed by atoms with Crippen LogP contribution in [0.5, 0.6) is 0 Å². The summed E-state index contributed by atoms with van der Waals surface area (Å²) in [6, 6.07) is 0.244. The average molecular weight is 201 g/mol.